The third kappa shape index (κ3) is 4.85. The third-order valence-electron chi connectivity index (χ3n) is 4.94. The van der Waals surface area contributed by atoms with Crippen LogP contribution in [-0.4, -0.2) is 28.8 Å². The molecule has 1 heterocycles. The lowest BCUT2D eigenvalue weighted by atomic mass is 10.2. The number of benzene rings is 1. The molecule has 1 aliphatic rings. The molecule has 1 aromatic heterocycles. The average Bonchev–Trinajstić information content (AvgIpc) is 3.16. The van der Waals surface area contributed by atoms with Gasteiger partial charge in [-0.25, -0.2) is 0 Å². The van der Waals surface area contributed by atoms with Crippen LogP contribution in [-0.2, 0) is 17.9 Å². The van der Waals surface area contributed by atoms with E-state index in [1.165, 1.54) is 23.5 Å². The maximum atomic E-state index is 12.3. The Hall–Kier alpha value is -2.96. The Morgan fingerprint density at radius 2 is 1.96 bits per heavy atom. The van der Waals surface area contributed by atoms with Crippen molar-refractivity contribution in [3.05, 3.63) is 51.9 Å². The van der Waals surface area contributed by atoms with Crippen LogP contribution in [0.1, 0.15) is 36.9 Å². The number of aromatic nitrogens is 1. The summed E-state index contributed by atoms with van der Waals surface area (Å²) in [7, 11) is 1.61. The predicted molar refractivity (Wildman–Crippen MR) is 105 cm³/mol. The molecule has 7 nitrogen and oxygen atoms in total. The van der Waals surface area contributed by atoms with E-state index in [1.807, 2.05) is 18.2 Å². The fourth-order valence-electron chi connectivity index (χ4n) is 3.42. The normalized spacial score (nSPS) is 14.1. The van der Waals surface area contributed by atoms with Crippen molar-refractivity contribution in [3.63, 3.8) is 0 Å². The number of aromatic hydroxyl groups is 1. The van der Waals surface area contributed by atoms with Gasteiger partial charge in [0.25, 0.3) is 5.56 Å². The molecule has 0 saturated heterocycles. The van der Waals surface area contributed by atoms with Crippen molar-refractivity contribution >= 4 is 5.91 Å². The van der Waals surface area contributed by atoms with E-state index in [0.717, 1.165) is 24.5 Å². The number of carbonyl (C=O) groups excluding carboxylic acids is 1. The number of methoxy groups -OCH3 is 1. The molecule has 1 saturated carbocycles. The molecule has 0 unspecified atom stereocenters. The van der Waals surface area contributed by atoms with Gasteiger partial charge in [0.15, 0.2) is 11.5 Å². The summed E-state index contributed by atoms with van der Waals surface area (Å²) in [5.74, 6) is 0.970. The highest BCUT2D eigenvalue weighted by Crippen LogP contribution is 2.32. The minimum absolute atomic E-state index is 0.104. The molecule has 28 heavy (non-hydrogen) atoms. The van der Waals surface area contributed by atoms with Gasteiger partial charge in [0.05, 0.1) is 13.2 Å². The summed E-state index contributed by atoms with van der Waals surface area (Å²) < 4.78 is 12.8. The first kappa shape index (κ1) is 19.8. The summed E-state index contributed by atoms with van der Waals surface area (Å²) in [5.41, 5.74) is 0.998. The van der Waals surface area contributed by atoms with Gasteiger partial charge in [0, 0.05) is 18.3 Å². The highest BCUT2D eigenvalue weighted by Gasteiger charge is 2.18. The van der Waals surface area contributed by atoms with E-state index < -0.39 is 5.56 Å². The molecule has 7 heteroatoms. The lowest BCUT2D eigenvalue weighted by Gasteiger charge is -2.17. The Morgan fingerprint density at radius 3 is 2.64 bits per heavy atom. The molecule has 1 aromatic carbocycles. The van der Waals surface area contributed by atoms with E-state index in [2.05, 4.69) is 5.32 Å². The number of aryl methyl sites for hydroxylation is 1. The van der Waals surface area contributed by atoms with E-state index in [9.17, 15) is 14.7 Å². The minimum atomic E-state index is -0.413. The number of carbonyl (C=O) groups is 1. The predicted octanol–water partition coefficient (Wildman–Crippen LogP) is 2.51. The zero-order valence-corrected chi connectivity index (χ0v) is 16.2. The van der Waals surface area contributed by atoms with Crippen LogP contribution < -0.4 is 20.3 Å². The number of nitrogens with zero attached hydrogens (tertiary/aromatic N) is 1. The topological polar surface area (TPSA) is 89.8 Å². The fourth-order valence-corrected chi connectivity index (χ4v) is 3.42. The number of rotatable bonds is 7. The van der Waals surface area contributed by atoms with Crippen LogP contribution in [0.25, 0.3) is 0 Å². The SMILES string of the molecule is COc1ccc(CNC(=O)Cn2c(C)cc(O)cc2=O)cc1OC1CCCC1. The van der Waals surface area contributed by atoms with Crippen LogP contribution in [0, 0.1) is 6.92 Å². The molecular weight excluding hydrogens is 360 g/mol. The van der Waals surface area contributed by atoms with Gasteiger partial charge in [-0.15, -0.1) is 0 Å². The molecule has 1 aliphatic carbocycles. The molecule has 2 aromatic rings. The molecular formula is C21H26N2O5. The number of hydrogen-bond donors (Lipinski definition) is 2. The molecule has 1 fully saturated rings. The number of nitrogens with one attached hydrogen (secondary N) is 1. The molecule has 0 aliphatic heterocycles. The van der Waals surface area contributed by atoms with Gasteiger partial charge in [-0.1, -0.05) is 6.07 Å². The first-order valence-corrected chi connectivity index (χ1v) is 9.47. The number of amides is 1. The summed E-state index contributed by atoms with van der Waals surface area (Å²) in [5, 5.41) is 12.3. The second-order valence-electron chi connectivity index (χ2n) is 7.07. The van der Waals surface area contributed by atoms with Gasteiger partial charge in [-0.3, -0.25) is 9.59 Å². The van der Waals surface area contributed by atoms with Crippen molar-refractivity contribution in [1.82, 2.24) is 9.88 Å². The van der Waals surface area contributed by atoms with Crippen molar-refractivity contribution in [2.45, 2.75) is 51.8 Å². The second-order valence-corrected chi connectivity index (χ2v) is 7.07. The van der Waals surface area contributed by atoms with Crippen molar-refractivity contribution in [3.8, 4) is 17.2 Å². The van der Waals surface area contributed by atoms with E-state index in [1.54, 1.807) is 14.0 Å². The maximum absolute atomic E-state index is 12.3. The Kier molecular flexibility index (Phi) is 6.23. The van der Waals surface area contributed by atoms with Crippen LogP contribution in [0.5, 0.6) is 17.2 Å². The molecule has 0 atom stereocenters. The van der Waals surface area contributed by atoms with Crippen molar-refractivity contribution in [1.29, 1.82) is 0 Å². The van der Waals surface area contributed by atoms with Gasteiger partial charge >= 0.3 is 0 Å². The monoisotopic (exact) mass is 386 g/mol. The molecule has 1 amide bonds. The molecule has 150 valence electrons. The average molecular weight is 386 g/mol. The van der Waals surface area contributed by atoms with Crippen LogP contribution in [0.2, 0.25) is 0 Å². The molecule has 0 bridgehead atoms. The Bertz CT molecular complexity index is 900. The van der Waals surface area contributed by atoms with Crippen LogP contribution in [0.15, 0.2) is 35.1 Å². The maximum Gasteiger partial charge on any atom is 0.254 e. The van der Waals surface area contributed by atoms with Gasteiger partial charge in [0.1, 0.15) is 12.3 Å². The molecule has 3 rings (SSSR count). The first-order chi connectivity index (χ1) is 13.5. The lowest BCUT2D eigenvalue weighted by molar-refractivity contribution is -0.121. The first-order valence-electron chi connectivity index (χ1n) is 9.47. The van der Waals surface area contributed by atoms with Gasteiger partial charge in [-0.05, 0) is 56.4 Å². The highest BCUT2D eigenvalue weighted by molar-refractivity contribution is 5.75. The van der Waals surface area contributed by atoms with Crippen molar-refractivity contribution in [2.75, 3.05) is 7.11 Å². The standard InChI is InChI=1S/C21H26N2O5/c1-14-9-16(24)11-21(26)23(14)13-20(25)22-12-15-7-8-18(27-2)19(10-15)28-17-5-3-4-6-17/h7-11,17,24H,3-6,12-13H2,1-2H3,(H,22,25). The third-order valence-corrected chi connectivity index (χ3v) is 4.94. The summed E-state index contributed by atoms with van der Waals surface area (Å²) in [6, 6.07) is 8.13. The molecule has 2 N–H and O–H groups in total. The Morgan fingerprint density at radius 1 is 1.21 bits per heavy atom. The van der Waals surface area contributed by atoms with E-state index in [0.29, 0.717) is 23.7 Å². The smallest absolute Gasteiger partial charge is 0.254 e. The molecule has 0 radical (unpaired) electrons. The number of ether oxygens (including phenoxy) is 2. The van der Waals surface area contributed by atoms with Crippen LogP contribution >= 0.6 is 0 Å². The van der Waals surface area contributed by atoms with Gasteiger partial charge in [-0.2, -0.15) is 0 Å². The largest absolute Gasteiger partial charge is 0.508 e. The van der Waals surface area contributed by atoms with E-state index in [4.69, 9.17) is 9.47 Å². The minimum Gasteiger partial charge on any atom is -0.508 e. The molecule has 0 spiro atoms. The number of pyridine rings is 1. The summed E-state index contributed by atoms with van der Waals surface area (Å²) in [6.07, 6.45) is 4.66. The summed E-state index contributed by atoms with van der Waals surface area (Å²) in [4.78, 5) is 24.2. The lowest BCUT2D eigenvalue weighted by Crippen LogP contribution is -2.32. The zero-order valence-electron chi connectivity index (χ0n) is 16.2. The highest BCUT2D eigenvalue weighted by atomic mass is 16.5. The Balaban J connectivity index is 1.63. The zero-order chi connectivity index (χ0) is 20.1. The Labute approximate surface area is 163 Å². The number of hydrogen-bond acceptors (Lipinski definition) is 5. The second kappa shape index (κ2) is 8.82. The summed E-state index contributed by atoms with van der Waals surface area (Å²) >= 11 is 0. The van der Waals surface area contributed by atoms with Gasteiger partial charge < -0.3 is 24.5 Å². The van der Waals surface area contributed by atoms with Crippen molar-refractivity contribution < 1.29 is 19.4 Å². The van der Waals surface area contributed by atoms with Gasteiger partial charge in [0.2, 0.25) is 5.91 Å². The van der Waals surface area contributed by atoms with E-state index >= 15 is 0 Å². The van der Waals surface area contributed by atoms with E-state index in [-0.39, 0.29) is 24.3 Å². The fraction of sp³-hybridized carbons (Fsp3) is 0.429. The van der Waals surface area contributed by atoms with Crippen molar-refractivity contribution in [2.24, 2.45) is 0 Å². The quantitative estimate of drug-likeness (QED) is 0.763. The van der Waals surface area contributed by atoms with Crippen LogP contribution in [0.4, 0.5) is 0 Å². The summed E-state index contributed by atoms with van der Waals surface area (Å²) in [6.45, 7) is 1.88. The van der Waals surface area contributed by atoms with Crippen LogP contribution in [0.3, 0.4) is 0 Å².